The number of allylic oxidation sites excluding steroid dienone is 4. The van der Waals surface area contributed by atoms with Crippen molar-refractivity contribution in [2.75, 3.05) is 12.5 Å². The summed E-state index contributed by atoms with van der Waals surface area (Å²) < 4.78 is 99.1. The monoisotopic (exact) mass is 2040 g/mol. The number of benzene rings is 2. The Kier molecular flexibility index (Phi) is 43.7. The lowest BCUT2D eigenvalue weighted by atomic mass is 9.79. The molecule has 5 aromatic rings. The van der Waals surface area contributed by atoms with Gasteiger partial charge in [0.25, 0.3) is 20.2 Å². The first-order chi connectivity index (χ1) is 65.9. The summed E-state index contributed by atoms with van der Waals surface area (Å²) in [4.78, 5) is 136. The molecule has 0 bridgehead atoms. The molecule has 10 aliphatic carbocycles. The molecule has 36 nitrogen and oxygen atoms in total. The van der Waals surface area contributed by atoms with Gasteiger partial charge in [0.1, 0.15) is 64.1 Å². The number of aliphatic hydroxyl groups excluding tert-OH is 1. The summed E-state index contributed by atoms with van der Waals surface area (Å²) in [5.41, 5.74) is 4.84. The largest absolute Gasteiger partial charge is 0.481 e. The van der Waals surface area contributed by atoms with E-state index in [-0.39, 0.29) is 169 Å². The van der Waals surface area contributed by atoms with Crippen LogP contribution in [0.15, 0.2) is 104 Å². The molecule has 2 aromatic carbocycles. The highest BCUT2D eigenvalue weighted by Crippen LogP contribution is 2.44. The van der Waals surface area contributed by atoms with Crippen LogP contribution in [-0.2, 0) is 137 Å². The highest BCUT2D eigenvalue weighted by molar-refractivity contribution is 7.86. The molecule has 8 saturated carbocycles. The van der Waals surface area contributed by atoms with Crippen molar-refractivity contribution in [3.05, 3.63) is 132 Å². The Labute approximate surface area is 841 Å². The summed E-state index contributed by atoms with van der Waals surface area (Å²) in [6, 6.07) is 20.0. The number of H-pyrrole nitrogens is 1. The van der Waals surface area contributed by atoms with Crippen molar-refractivity contribution >= 4 is 103 Å². The number of aliphatic carboxylic acids is 2. The van der Waals surface area contributed by atoms with E-state index in [1.165, 1.54) is 11.1 Å². The average molecular weight is 2040 g/mol. The van der Waals surface area contributed by atoms with E-state index in [2.05, 4.69) is 50.2 Å². The summed E-state index contributed by atoms with van der Waals surface area (Å²) in [7, 11) is -6.84. The molecule has 0 amide bonds. The van der Waals surface area contributed by atoms with Gasteiger partial charge >= 0.3 is 59.7 Å². The molecule has 38 heteroatoms. The summed E-state index contributed by atoms with van der Waals surface area (Å²) in [5, 5.41) is 45.7. The Morgan fingerprint density at radius 3 is 1.05 bits per heavy atom. The molecular formula is C105H153N7O29S2. The molecule has 2 atom stereocenters. The summed E-state index contributed by atoms with van der Waals surface area (Å²) in [6.45, 7) is 33.8. The van der Waals surface area contributed by atoms with E-state index < -0.39 is 65.8 Å². The van der Waals surface area contributed by atoms with Crippen LogP contribution in [0.1, 0.15) is 332 Å². The van der Waals surface area contributed by atoms with Crippen molar-refractivity contribution in [2.24, 2.45) is 59.2 Å². The van der Waals surface area contributed by atoms with E-state index in [1.54, 1.807) is 47.7 Å². The molecule has 4 N–H and O–H groups in total. The Morgan fingerprint density at radius 1 is 0.399 bits per heavy atom. The molecule has 2 unspecified atom stereocenters. The minimum atomic E-state index is -3.42. The second-order valence-corrected chi connectivity index (χ2v) is 47.5. The van der Waals surface area contributed by atoms with Gasteiger partial charge in [0.15, 0.2) is 0 Å². The number of ketones is 2. The number of nitrogens with zero attached hydrogens (tertiary/aromatic N) is 6. The van der Waals surface area contributed by atoms with Crippen molar-refractivity contribution in [1.82, 2.24) is 35.0 Å². The number of rotatable bonds is 23. The van der Waals surface area contributed by atoms with Crippen molar-refractivity contribution in [2.45, 2.75) is 369 Å². The Hall–Kier alpha value is -10.7. The summed E-state index contributed by atoms with van der Waals surface area (Å²) >= 11 is 0. The van der Waals surface area contributed by atoms with Crippen LogP contribution in [0.2, 0.25) is 0 Å². The Morgan fingerprint density at radius 2 is 0.734 bits per heavy atom. The van der Waals surface area contributed by atoms with E-state index in [4.69, 9.17) is 61.6 Å². The number of carboxylic acids is 2. The van der Waals surface area contributed by atoms with E-state index in [1.807, 2.05) is 166 Å². The second-order valence-electron chi connectivity index (χ2n) is 44.3. The molecule has 0 spiro atoms. The molecule has 794 valence electrons. The standard InChI is InChI=1S/C26H32N2O4.C19H28N2O4.C16H17N3O2.2C10H18O5S.C9H16O3.C9H14O3.C5H6O3.CH4/c1-26(2,3)32-25(30)21-13-23(14-21)28-16-22(15-27-28)19-9-11-20(12-10-19)24(29)31-17-18-7-5-4-6-8-18;1-19(2,3)25-18(24)14-8-16(9-14)21-11-15(10-20-21)12-4-6-13(7-5-12)17(22)23;20-16(21-11-12-4-2-1-3-5-12)14-8-6-13(7-9-14)15-10-17-19-18-15;2*1-10(2,3)14-9(11)7-5-8(6-7)15-16(4,12)13;2*1-9(2,3)12-8(11)6-4-7(10)5-6;6-4-1-3(2-4)5(7)8;/h4-9,15-16,20-21,23H,10-14,17H2,1-3H3;10-14,16H,4-9H2,1-3H3,(H,22,23);1-6,10,14H,7-9,11H2,(H,17,18,19);2*7-8H,5-6H2,1-4H3;6-7,10H,4-5H2,1-3H3;6H,4-5H2,1-3H3;3H,1-2H2,(H,7,8);1H4. The predicted octanol–water partition coefficient (Wildman–Crippen LogP) is 16.6. The van der Waals surface area contributed by atoms with Gasteiger partial charge in [0.2, 0.25) is 0 Å². The predicted molar refractivity (Wildman–Crippen MR) is 528 cm³/mol. The first kappa shape index (κ1) is 119. The van der Waals surface area contributed by atoms with Gasteiger partial charge in [-0.1, -0.05) is 80.2 Å². The van der Waals surface area contributed by atoms with E-state index in [0.717, 1.165) is 118 Å². The van der Waals surface area contributed by atoms with Gasteiger partial charge in [-0.2, -0.15) is 42.4 Å². The summed E-state index contributed by atoms with van der Waals surface area (Å²) in [6.07, 6.45) is 29.9. The van der Waals surface area contributed by atoms with Crippen LogP contribution >= 0.6 is 0 Å². The number of ether oxygens (including phenoxy) is 8. The van der Waals surface area contributed by atoms with Crippen LogP contribution in [0, 0.1) is 59.2 Å². The third-order valence-corrected chi connectivity index (χ3v) is 25.7. The van der Waals surface area contributed by atoms with Crippen molar-refractivity contribution < 1.29 is 136 Å². The van der Waals surface area contributed by atoms with Crippen LogP contribution in [0.4, 0.5) is 0 Å². The number of carbonyl (C=O) groups is 12. The van der Waals surface area contributed by atoms with Gasteiger partial charge in [0.05, 0.1) is 121 Å². The second kappa shape index (κ2) is 52.4. The van der Waals surface area contributed by atoms with E-state index >= 15 is 0 Å². The van der Waals surface area contributed by atoms with Crippen molar-refractivity contribution in [1.29, 1.82) is 0 Å². The zero-order valence-corrected chi connectivity index (χ0v) is 87.5. The topological polar surface area (TPSA) is 503 Å². The number of aliphatic hydroxyl groups is 1. The van der Waals surface area contributed by atoms with Gasteiger partial charge in [-0.3, -0.25) is 75.3 Å². The third kappa shape index (κ3) is 42.9. The zero-order valence-electron chi connectivity index (χ0n) is 85.9. The number of hydrogen-bond donors (Lipinski definition) is 4. The first-order valence-electron chi connectivity index (χ1n) is 49.0. The molecule has 0 aliphatic heterocycles. The van der Waals surface area contributed by atoms with Gasteiger partial charge in [-0.25, -0.2) is 0 Å². The average Bonchev–Trinajstić information content (AvgIpc) is 1.68. The van der Waals surface area contributed by atoms with Crippen molar-refractivity contribution in [3.8, 4) is 0 Å². The highest BCUT2D eigenvalue weighted by Gasteiger charge is 2.45. The number of hydrogen-bond acceptors (Lipinski definition) is 31. The quantitative estimate of drug-likeness (QED) is 0.0268. The van der Waals surface area contributed by atoms with Gasteiger partial charge in [0, 0.05) is 43.6 Å². The fourth-order valence-electron chi connectivity index (χ4n) is 16.4. The Balaban J connectivity index is 0.000000229. The van der Waals surface area contributed by atoms with Crippen LogP contribution in [0.25, 0.3) is 11.1 Å². The minimum absolute atomic E-state index is 0. The first-order valence-corrected chi connectivity index (χ1v) is 52.6. The van der Waals surface area contributed by atoms with Crippen LogP contribution < -0.4 is 0 Å². The fraction of sp³-hybridized carbons (Fsp3) is 0.657. The minimum Gasteiger partial charge on any atom is -0.481 e. The fourth-order valence-corrected chi connectivity index (χ4v) is 17.7. The van der Waals surface area contributed by atoms with Crippen LogP contribution in [-0.4, -0.2) is 203 Å². The number of aromatic amines is 1. The SMILES string of the molecule is C.CC(C)(C)OC(=O)C1CC(=O)C1.CC(C)(C)OC(=O)C1CC(O)C1.CC(C)(C)OC(=O)C1CC(OS(C)(=O)=O)C1.CC(C)(C)OC(=O)C1CC(OS(C)(=O)=O)C1.CC(C)(C)OC(=O)C1CC(n2cc(C3=CCC(C(=O)OCc4ccccc4)CC3)cn2)C1.CC(C)(C)OC(=O)C1CC(n2cc(C3CCC(C(=O)O)CC3)cn2)C1.O=C(OCc1ccccc1)C1CC=C(c2cn[nH]n2)CC1.O=C1CC(C(=O)O)C1. The molecule has 15 rings (SSSR count). The maximum atomic E-state index is 12.4. The lowest BCUT2D eigenvalue weighted by Crippen LogP contribution is -2.40. The molecule has 143 heavy (non-hydrogen) atoms. The normalized spacial score (nSPS) is 24.0. The highest BCUT2D eigenvalue weighted by atomic mass is 32.2. The smallest absolute Gasteiger partial charge is 0.310 e. The van der Waals surface area contributed by atoms with Gasteiger partial charge < -0.3 is 53.2 Å². The number of carboxylic acid groups (broad SMARTS) is 2. The number of esters is 8. The molecule has 3 heterocycles. The number of nitrogens with one attached hydrogen (secondary N) is 1. The molecule has 0 radical (unpaired) electrons. The number of carbonyl (C=O) groups excluding carboxylic acids is 10. The van der Waals surface area contributed by atoms with Gasteiger partial charge in [-0.15, -0.1) is 0 Å². The van der Waals surface area contributed by atoms with E-state index in [0.29, 0.717) is 83.3 Å². The van der Waals surface area contributed by atoms with Crippen molar-refractivity contribution in [3.63, 3.8) is 0 Å². The lowest BCUT2D eigenvalue weighted by Gasteiger charge is -2.35. The number of Topliss-reactive ketones (excluding diaryl/α,β-unsaturated/α-hetero) is 2. The maximum Gasteiger partial charge on any atom is 0.310 e. The molecule has 3 aromatic heterocycles. The molecule has 0 saturated heterocycles. The lowest BCUT2D eigenvalue weighted by molar-refractivity contribution is -0.167. The van der Waals surface area contributed by atoms with Gasteiger partial charge in [-0.05, 0) is 287 Å². The maximum absolute atomic E-state index is 12.4. The summed E-state index contributed by atoms with van der Waals surface area (Å²) in [5.74, 6) is -3.76. The molecular weight excluding hydrogens is 1890 g/mol. The zero-order chi connectivity index (χ0) is 105. The Bertz CT molecular complexity index is 5270. The third-order valence-electron chi connectivity index (χ3n) is 24.4. The number of aromatic nitrogens is 7. The van der Waals surface area contributed by atoms with E-state index in [9.17, 15) is 74.4 Å². The van der Waals surface area contributed by atoms with Crippen LogP contribution in [0.5, 0.6) is 0 Å². The van der Waals surface area contributed by atoms with Crippen LogP contribution in [0.3, 0.4) is 0 Å². The molecule has 8 fully saturated rings. The molecule has 10 aliphatic rings.